The zero-order chi connectivity index (χ0) is 24.4. The highest BCUT2D eigenvalue weighted by molar-refractivity contribution is 6.01. The Bertz CT molecular complexity index is 1440. The van der Waals surface area contributed by atoms with Gasteiger partial charge in [0, 0.05) is 24.6 Å². The first-order valence-corrected chi connectivity index (χ1v) is 11.7. The summed E-state index contributed by atoms with van der Waals surface area (Å²) in [6.07, 6.45) is 3.25. The SMILES string of the molecule is Cc1ccccc1OCC1CCCN(C(=O)c2cnn3c(-c4ccccc4C#N)ccc(F)c23)C1. The summed E-state index contributed by atoms with van der Waals surface area (Å²) < 4.78 is 22.4. The van der Waals surface area contributed by atoms with E-state index in [1.165, 1.54) is 16.8 Å². The van der Waals surface area contributed by atoms with Gasteiger partial charge < -0.3 is 9.64 Å². The van der Waals surface area contributed by atoms with Gasteiger partial charge in [0.2, 0.25) is 0 Å². The molecule has 6 nitrogen and oxygen atoms in total. The van der Waals surface area contributed by atoms with E-state index >= 15 is 0 Å². The Labute approximate surface area is 203 Å². The van der Waals surface area contributed by atoms with Crippen LogP contribution < -0.4 is 4.74 Å². The molecule has 1 amide bonds. The van der Waals surface area contributed by atoms with Crippen molar-refractivity contribution in [3.05, 3.63) is 89.4 Å². The molecule has 0 spiro atoms. The predicted molar refractivity (Wildman–Crippen MR) is 131 cm³/mol. The molecule has 3 heterocycles. The molecule has 1 aliphatic rings. The number of pyridine rings is 1. The molecule has 1 fully saturated rings. The molecule has 0 radical (unpaired) electrons. The number of carbonyl (C=O) groups excluding carboxylic acids is 1. The van der Waals surface area contributed by atoms with Gasteiger partial charge in [0.25, 0.3) is 5.91 Å². The van der Waals surface area contributed by atoms with Gasteiger partial charge in [-0.25, -0.2) is 8.91 Å². The molecule has 7 heteroatoms. The first kappa shape index (κ1) is 22.6. The second kappa shape index (κ2) is 9.59. The number of nitriles is 1. The van der Waals surface area contributed by atoms with E-state index < -0.39 is 5.82 Å². The van der Waals surface area contributed by atoms with Crippen molar-refractivity contribution in [1.82, 2.24) is 14.5 Å². The van der Waals surface area contributed by atoms with Crippen LogP contribution in [0.3, 0.4) is 0 Å². The number of hydrogen-bond donors (Lipinski definition) is 0. The number of fused-ring (bicyclic) bond motifs is 1. The molecule has 176 valence electrons. The summed E-state index contributed by atoms with van der Waals surface area (Å²) in [5.74, 6) is 0.272. The standard InChI is InChI=1S/C28H25FN4O2/c1-19-7-2-5-11-26(19)35-18-20-8-6-14-32(17-20)28(34)23-16-31-33-25(13-12-24(29)27(23)33)22-10-4-3-9-21(22)15-30/h2-5,7,9-13,16,20H,6,8,14,17-18H2,1H3. The van der Waals surface area contributed by atoms with Crippen molar-refractivity contribution in [3.8, 4) is 23.1 Å². The van der Waals surface area contributed by atoms with Gasteiger partial charge in [-0.05, 0) is 49.6 Å². The second-order valence-corrected chi connectivity index (χ2v) is 8.88. The quantitative estimate of drug-likeness (QED) is 0.401. The fourth-order valence-corrected chi connectivity index (χ4v) is 4.71. The van der Waals surface area contributed by atoms with Crippen LogP contribution in [0.5, 0.6) is 5.75 Å². The molecule has 0 saturated carbocycles. The molecule has 0 aliphatic carbocycles. The second-order valence-electron chi connectivity index (χ2n) is 8.88. The Morgan fingerprint density at radius 2 is 1.97 bits per heavy atom. The lowest BCUT2D eigenvalue weighted by Crippen LogP contribution is -2.41. The average molecular weight is 469 g/mol. The number of nitrogens with zero attached hydrogens (tertiary/aromatic N) is 4. The molecule has 1 unspecified atom stereocenters. The molecule has 2 aromatic heterocycles. The third-order valence-corrected chi connectivity index (χ3v) is 6.54. The monoisotopic (exact) mass is 468 g/mol. The highest BCUT2D eigenvalue weighted by atomic mass is 19.1. The lowest BCUT2D eigenvalue weighted by molar-refractivity contribution is 0.0634. The Hall–Kier alpha value is -4.18. The van der Waals surface area contributed by atoms with Crippen molar-refractivity contribution in [2.24, 2.45) is 5.92 Å². The number of benzene rings is 2. The van der Waals surface area contributed by atoms with Crippen LogP contribution in [0.2, 0.25) is 0 Å². The third kappa shape index (κ3) is 4.35. The number of para-hydroxylation sites is 1. The minimum atomic E-state index is -0.527. The molecule has 5 rings (SSSR count). The van der Waals surface area contributed by atoms with Crippen LogP contribution in [-0.2, 0) is 0 Å². The summed E-state index contributed by atoms with van der Waals surface area (Å²) in [6.45, 7) is 3.68. The number of carbonyl (C=O) groups is 1. The third-order valence-electron chi connectivity index (χ3n) is 6.54. The fourth-order valence-electron chi connectivity index (χ4n) is 4.71. The predicted octanol–water partition coefficient (Wildman–Crippen LogP) is 5.25. The number of ether oxygens (including phenoxy) is 1. The lowest BCUT2D eigenvalue weighted by atomic mass is 9.98. The summed E-state index contributed by atoms with van der Waals surface area (Å²) in [5.41, 5.74) is 3.06. The van der Waals surface area contributed by atoms with Gasteiger partial charge in [-0.2, -0.15) is 10.4 Å². The van der Waals surface area contributed by atoms with Gasteiger partial charge in [0.15, 0.2) is 0 Å². The number of rotatable bonds is 5. The van der Waals surface area contributed by atoms with E-state index in [0.29, 0.717) is 36.5 Å². The van der Waals surface area contributed by atoms with E-state index in [-0.39, 0.29) is 22.9 Å². The summed E-state index contributed by atoms with van der Waals surface area (Å²) in [7, 11) is 0. The van der Waals surface area contributed by atoms with Crippen LogP contribution in [0.15, 0.2) is 66.9 Å². The smallest absolute Gasteiger partial charge is 0.257 e. The van der Waals surface area contributed by atoms with E-state index in [1.54, 1.807) is 29.2 Å². The summed E-state index contributed by atoms with van der Waals surface area (Å²) >= 11 is 0. The van der Waals surface area contributed by atoms with Crippen LogP contribution >= 0.6 is 0 Å². The summed E-state index contributed by atoms with van der Waals surface area (Å²) in [4.78, 5) is 15.3. The van der Waals surface area contributed by atoms with Crippen molar-refractivity contribution >= 4 is 11.4 Å². The Balaban J connectivity index is 1.40. The number of piperidine rings is 1. The number of hydrogen-bond acceptors (Lipinski definition) is 4. The van der Waals surface area contributed by atoms with E-state index in [2.05, 4.69) is 11.2 Å². The minimum absolute atomic E-state index is 0.124. The first-order valence-electron chi connectivity index (χ1n) is 11.7. The van der Waals surface area contributed by atoms with Gasteiger partial charge in [0.05, 0.1) is 35.7 Å². The molecule has 1 saturated heterocycles. The molecule has 0 N–H and O–H groups in total. The van der Waals surface area contributed by atoms with Crippen molar-refractivity contribution in [1.29, 1.82) is 5.26 Å². The number of likely N-dealkylation sites (tertiary alicyclic amines) is 1. The zero-order valence-corrected chi connectivity index (χ0v) is 19.4. The number of aromatic nitrogens is 2. The fraction of sp³-hybridized carbons (Fsp3) is 0.250. The molecular formula is C28H25FN4O2. The van der Waals surface area contributed by atoms with Gasteiger partial charge in [0.1, 0.15) is 17.1 Å². The largest absolute Gasteiger partial charge is 0.493 e. The number of aryl methyl sites for hydroxylation is 1. The van der Waals surface area contributed by atoms with Crippen LogP contribution in [0, 0.1) is 30.0 Å². The maximum Gasteiger partial charge on any atom is 0.257 e. The van der Waals surface area contributed by atoms with Crippen molar-refractivity contribution in [2.75, 3.05) is 19.7 Å². The zero-order valence-electron chi connectivity index (χ0n) is 19.4. The molecule has 2 aromatic carbocycles. The van der Waals surface area contributed by atoms with Crippen LogP contribution in [0.1, 0.15) is 34.3 Å². The van der Waals surface area contributed by atoms with E-state index in [0.717, 1.165) is 24.2 Å². The maximum absolute atomic E-state index is 15.0. The van der Waals surface area contributed by atoms with E-state index in [4.69, 9.17) is 4.74 Å². The van der Waals surface area contributed by atoms with E-state index in [9.17, 15) is 14.4 Å². The average Bonchev–Trinajstić information content (AvgIpc) is 3.34. The normalized spacial score (nSPS) is 15.7. The van der Waals surface area contributed by atoms with Crippen molar-refractivity contribution in [3.63, 3.8) is 0 Å². The van der Waals surface area contributed by atoms with Gasteiger partial charge in [-0.3, -0.25) is 4.79 Å². The highest BCUT2D eigenvalue weighted by Crippen LogP contribution is 2.29. The van der Waals surface area contributed by atoms with Crippen LogP contribution in [0.25, 0.3) is 16.8 Å². The molecule has 4 aromatic rings. The van der Waals surface area contributed by atoms with Gasteiger partial charge in [-0.1, -0.05) is 36.4 Å². The summed E-state index contributed by atoms with van der Waals surface area (Å²) in [6, 6.07) is 20.0. The molecule has 1 atom stereocenters. The topological polar surface area (TPSA) is 70.6 Å². The first-order chi connectivity index (χ1) is 17.1. The maximum atomic E-state index is 15.0. The molecule has 1 aliphatic heterocycles. The van der Waals surface area contributed by atoms with Crippen molar-refractivity contribution < 1.29 is 13.9 Å². The minimum Gasteiger partial charge on any atom is -0.493 e. The Kier molecular flexibility index (Phi) is 6.19. The van der Waals surface area contributed by atoms with Gasteiger partial charge in [-0.15, -0.1) is 0 Å². The Morgan fingerprint density at radius 3 is 2.80 bits per heavy atom. The Morgan fingerprint density at radius 1 is 1.17 bits per heavy atom. The molecule has 0 bridgehead atoms. The number of amides is 1. The van der Waals surface area contributed by atoms with Gasteiger partial charge >= 0.3 is 0 Å². The summed E-state index contributed by atoms with van der Waals surface area (Å²) in [5, 5.41) is 13.8. The molecule has 35 heavy (non-hydrogen) atoms. The van der Waals surface area contributed by atoms with Crippen LogP contribution in [-0.4, -0.2) is 40.1 Å². The van der Waals surface area contributed by atoms with E-state index in [1.807, 2.05) is 37.3 Å². The lowest BCUT2D eigenvalue weighted by Gasteiger charge is -2.32. The highest BCUT2D eigenvalue weighted by Gasteiger charge is 2.28. The molecular weight excluding hydrogens is 443 g/mol. The van der Waals surface area contributed by atoms with Crippen LogP contribution in [0.4, 0.5) is 4.39 Å². The number of halogens is 1. The van der Waals surface area contributed by atoms with Crippen molar-refractivity contribution in [2.45, 2.75) is 19.8 Å².